The maximum absolute atomic E-state index is 11.5. The molecule has 1 aromatic heterocycles. The standard InChI is InChI=1S/C10H18N4O.ClH/c1-7(2)8-6-9(14-13-8)10(15)12-5-3-4-11;/h6-7H,3-5,11H2,1-2H3,(H,12,15)(H,13,14);1H. The van der Waals surface area contributed by atoms with E-state index in [1.165, 1.54) is 0 Å². The Balaban J connectivity index is 0.00000225. The molecule has 0 radical (unpaired) electrons. The maximum atomic E-state index is 11.5. The molecule has 0 aromatic carbocycles. The summed E-state index contributed by atoms with van der Waals surface area (Å²) in [6.07, 6.45) is 0.785. The number of aromatic nitrogens is 2. The lowest BCUT2D eigenvalue weighted by atomic mass is 10.1. The number of nitrogens with zero attached hydrogens (tertiary/aromatic N) is 1. The topological polar surface area (TPSA) is 83.8 Å². The lowest BCUT2D eigenvalue weighted by Gasteiger charge is -2.00. The number of rotatable bonds is 5. The van der Waals surface area contributed by atoms with Crippen LogP contribution in [0.3, 0.4) is 0 Å². The molecule has 1 heterocycles. The maximum Gasteiger partial charge on any atom is 0.271 e. The average Bonchev–Trinajstić information content (AvgIpc) is 2.66. The molecular weight excluding hydrogens is 228 g/mol. The third kappa shape index (κ3) is 4.20. The second-order valence-corrected chi connectivity index (χ2v) is 3.76. The Labute approximate surface area is 102 Å². The van der Waals surface area contributed by atoms with Gasteiger partial charge in [-0.25, -0.2) is 0 Å². The molecule has 0 saturated carbocycles. The van der Waals surface area contributed by atoms with E-state index in [1.807, 2.05) is 13.8 Å². The predicted octanol–water partition coefficient (Wildman–Crippen LogP) is 1.03. The quantitative estimate of drug-likeness (QED) is 0.679. The zero-order valence-corrected chi connectivity index (χ0v) is 10.4. The Hall–Kier alpha value is -1.07. The fourth-order valence-electron chi connectivity index (χ4n) is 1.14. The number of nitrogens with two attached hydrogens (primary N) is 1. The Bertz CT molecular complexity index is 324. The van der Waals surface area contributed by atoms with Crippen molar-refractivity contribution in [3.63, 3.8) is 0 Å². The Morgan fingerprint density at radius 3 is 2.81 bits per heavy atom. The molecule has 1 aromatic rings. The molecule has 92 valence electrons. The van der Waals surface area contributed by atoms with Gasteiger partial charge in [-0.05, 0) is 24.9 Å². The first kappa shape index (κ1) is 14.9. The van der Waals surface area contributed by atoms with Crippen LogP contribution in [0.2, 0.25) is 0 Å². The van der Waals surface area contributed by atoms with E-state index in [4.69, 9.17) is 5.73 Å². The van der Waals surface area contributed by atoms with Crippen molar-refractivity contribution in [2.45, 2.75) is 26.2 Å². The first-order valence-electron chi connectivity index (χ1n) is 5.18. The largest absolute Gasteiger partial charge is 0.351 e. The molecule has 16 heavy (non-hydrogen) atoms. The summed E-state index contributed by atoms with van der Waals surface area (Å²) in [4.78, 5) is 11.5. The van der Waals surface area contributed by atoms with Gasteiger partial charge in [-0.2, -0.15) is 5.10 Å². The highest BCUT2D eigenvalue weighted by atomic mass is 35.5. The van der Waals surface area contributed by atoms with Crippen molar-refractivity contribution in [2.24, 2.45) is 5.73 Å². The normalized spacial score (nSPS) is 10.0. The van der Waals surface area contributed by atoms with Crippen LogP contribution < -0.4 is 11.1 Å². The van der Waals surface area contributed by atoms with Gasteiger partial charge in [0, 0.05) is 12.2 Å². The van der Waals surface area contributed by atoms with Gasteiger partial charge in [0.05, 0.1) is 0 Å². The van der Waals surface area contributed by atoms with Gasteiger partial charge in [0.1, 0.15) is 5.69 Å². The zero-order chi connectivity index (χ0) is 11.3. The molecule has 0 fully saturated rings. The average molecular weight is 247 g/mol. The molecule has 6 heteroatoms. The molecule has 0 aliphatic heterocycles. The van der Waals surface area contributed by atoms with E-state index < -0.39 is 0 Å². The molecule has 0 aliphatic rings. The third-order valence-corrected chi connectivity index (χ3v) is 2.12. The van der Waals surface area contributed by atoms with Crippen LogP contribution in [0.5, 0.6) is 0 Å². The number of halogens is 1. The summed E-state index contributed by atoms with van der Waals surface area (Å²) in [5, 5.41) is 9.54. The van der Waals surface area contributed by atoms with Crippen molar-refractivity contribution in [3.8, 4) is 0 Å². The number of carbonyl (C=O) groups excluding carboxylic acids is 1. The second-order valence-electron chi connectivity index (χ2n) is 3.76. The van der Waals surface area contributed by atoms with E-state index in [0.29, 0.717) is 24.7 Å². The van der Waals surface area contributed by atoms with E-state index in [2.05, 4.69) is 15.5 Å². The molecule has 0 saturated heterocycles. The molecule has 4 N–H and O–H groups in total. The number of aromatic amines is 1. The molecule has 0 spiro atoms. The highest BCUT2D eigenvalue weighted by Crippen LogP contribution is 2.11. The van der Waals surface area contributed by atoms with Crippen LogP contribution in [-0.2, 0) is 0 Å². The number of nitrogens with one attached hydrogen (secondary N) is 2. The summed E-state index contributed by atoms with van der Waals surface area (Å²) < 4.78 is 0. The first-order chi connectivity index (χ1) is 7.15. The van der Waals surface area contributed by atoms with Crippen molar-refractivity contribution in [1.29, 1.82) is 0 Å². The Morgan fingerprint density at radius 2 is 2.31 bits per heavy atom. The molecule has 0 aliphatic carbocycles. The van der Waals surface area contributed by atoms with Crippen LogP contribution in [0.15, 0.2) is 6.07 Å². The van der Waals surface area contributed by atoms with E-state index in [1.54, 1.807) is 6.07 Å². The molecule has 0 bridgehead atoms. The number of H-pyrrole nitrogens is 1. The van der Waals surface area contributed by atoms with Gasteiger partial charge in [-0.1, -0.05) is 13.8 Å². The highest BCUT2D eigenvalue weighted by molar-refractivity contribution is 5.92. The molecule has 1 amide bonds. The van der Waals surface area contributed by atoms with Crippen LogP contribution in [0.25, 0.3) is 0 Å². The first-order valence-corrected chi connectivity index (χ1v) is 5.18. The number of hydrogen-bond acceptors (Lipinski definition) is 3. The van der Waals surface area contributed by atoms with Crippen molar-refractivity contribution < 1.29 is 4.79 Å². The van der Waals surface area contributed by atoms with Crippen LogP contribution >= 0.6 is 12.4 Å². The molecule has 0 unspecified atom stereocenters. The molecule has 1 rings (SSSR count). The van der Waals surface area contributed by atoms with Crippen molar-refractivity contribution in [3.05, 3.63) is 17.5 Å². The molecular formula is C10H19ClN4O. The number of carbonyl (C=O) groups is 1. The number of amides is 1. The van der Waals surface area contributed by atoms with Gasteiger partial charge in [0.25, 0.3) is 5.91 Å². The summed E-state index contributed by atoms with van der Waals surface area (Å²) in [5.74, 6) is 0.203. The van der Waals surface area contributed by atoms with E-state index in [-0.39, 0.29) is 18.3 Å². The van der Waals surface area contributed by atoms with Crippen molar-refractivity contribution in [1.82, 2.24) is 15.5 Å². The fraction of sp³-hybridized carbons (Fsp3) is 0.600. The van der Waals surface area contributed by atoms with Crippen LogP contribution in [0, 0.1) is 0 Å². The molecule has 5 nitrogen and oxygen atoms in total. The fourth-order valence-corrected chi connectivity index (χ4v) is 1.14. The minimum absolute atomic E-state index is 0. The van der Waals surface area contributed by atoms with Crippen LogP contribution in [-0.4, -0.2) is 29.2 Å². The molecule has 0 atom stereocenters. The van der Waals surface area contributed by atoms with Crippen LogP contribution in [0.4, 0.5) is 0 Å². The van der Waals surface area contributed by atoms with E-state index in [0.717, 1.165) is 12.1 Å². The van der Waals surface area contributed by atoms with Crippen molar-refractivity contribution >= 4 is 18.3 Å². The van der Waals surface area contributed by atoms with Gasteiger partial charge in [0.15, 0.2) is 0 Å². The van der Waals surface area contributed by atoms with E-state index in [9.17, 15) is 4.79 Å². The van der Waals surface area contributed by atoms with Crippen LogP contribution in [0.1, 0.15) is 42.4 Å². The van der Waals surface area contributed by atoms with Crippen molar-refractivity contribution in [2.75, 3.05) is 13.1 Å². The van der Waals surface area contributed by atoms with Gasteiger partial charge in [-0.3, -0.25) is 9.89 Å². The second kappa shape index (κ2) is 7.24. The number of hydrogen-bond donors (Lipinski definition) is 3. The van der Waals surface area contributed by atoms with E-state index >= 15 is 0 Å². The smallest absolute Gasteiger partial charge is 0.271 e. The van der Waals surface area contributed by atoms with Gasteiger partial charge in [-0.15, -0.1) is 12.4 Å². The third-order valence-electron chi connectivity index (χ3n) is 2.12. The predicted molar refractivity (Wildman–Crippen MR) is 65.9 cm³/mol. The minimum Gasteiger partial charge on any atom is -0.351 e. The lowest BCUT2D eigenvalue weighted by molar-refractivity contribution is 0.0948. The summed E-state index contributed by atoms with van der Waals surface area (Å²) in [6.45, 7) is 5.27. The lowest BCUT2D eigenvalue weighted by Crippen LogP contribution is -2.26. The summed E-state index contributed by atoms with van der Waals surface area (Å²) >= 11 is 0. The van der Waals surface area contributed by atoms with Gasteiger partial charge < -0.3 is 11.1 Å². The summed E-state index contributed by atoms with van der Waals surface area (Å²) in [6, 6.07) is 1.78. The highest BCUT2D eigenvalue weighted by Gasteiger charge is 2.10. The zero-order valence-electron chi connectivity index (χ0n) is 9.62. The Morgan fingerprint density at radius 1 is 1.62 bits per heavy atom. The monoisotopic (exact) mass is 246 g/mol. The summed E-state index contributed by atoms with van der Waals surface area (Å²) in [7, 11) is 0. The SMILES string of the molecule is CC(C)c1cc(C(=O)NCCCN)n[nH]1.Cl. The van der Waals surface area contributed by atoms with Gasteiger partial charge >= 0.3 is 0 Å². The summed E-state index contributed by atoms with van der Waals surface area (Å²) in [5.41, 5.74) is 6.74. The van der Waals surface area contributed by atoms with Gasteiger partial charge in [0.2, 0.25) is 0 Å². The minimum atomic E-state index is -0.147. The Kier molecular flexibility index (Phi) is 6.76.